The minimum absolute atomic E-state index is 0.355. The van der Waals surface area contributed by atoms with Crippen molar-refractivity contribution in [2.24, 2.45) is 0 Å². The van der Waals surface area contributed by atoms with Gasteiger partial charge < -0.3 is 0 Å². The Kier molecular flexibility index (Phi) is 6.55. The fourth-order valence-corrected chi connectivity index (χ4v) is 9.89. The molecule has 230 valence electrons. The fourth-order valence-electron chi connectivity index (χ4n) is 7.69. The number of thiophene rings is 1. The summed E-state index contributed by atoms with van der Waals surface area (Å²) >= 11 is 3.67. The smallest absolute Gasteiger partial charge is 0.160 e. The molecule has 8 aromatic rings. The van der Waals surface area contributed by atoms with E-state index in [0.29, 0.717) is 0 Å². The molecule has 1 aliphatic heterocycles. The van der Waals surface area contributed by atoms with Gasteiger partial charge in [0.2, 0.25) is 0 Å². The molecule has 2 aromatic heterocycles. The Balaban J connectivity index is 1.11. The maximum absolute atomic E-state index is 5.09. The van der Waals surface area contributed by atoms with E-state index < -0.39 is 0 Å². The van der Waals surface area contributed by atoms with Crippen molar-refractivity contribution < 1.29 is 0 Å². The minimum Gasteiger partial charge on any atom is -0.228 e. The normalized spacial score (nSPS) is 13.4. The van der Waals surface area contributed by atoms with Gasteiger partial charge in [0.15, 0.2) is 5.82 Å². The van der Waals surface area contributed by atoms with Gasteiger partial charge in [-0.1, -0.05) is 151 Å². The average Bonchev–Trinajstić information content (AvgIpc) is 3.78. The van der Waals surface area contributed by atoms with E-state index in [1.165, 1.54) is 53.6 Å². The molecule has 0 unspecified atom stereocenters. The summed E-state index contributed by atoms with van der Waals surface area (Å²) in [7, 11) is 0. The number of benzene rings is 6. The highest BCUT2D eigenvalue weighted by Gasteiger charge is 2.50. The van der Waals surface area contributed by atoms with E-state index in [2.05, 4.69) is 146 Å². The summed E-state index contributed by atoms with van der Waals surface area (Å²) in [4.78, 5) is 15.0. The molecule has 1 spiro atoms. The molecule has 0 saturated heterocycles. The van der Waals surface area contributed by atoms with Crippen LogP contribution in [0.15, 0.2) is 180 Å². The van der Waals surface area contributed by atoms with Gasteiger partial charge in [0.1, 0.15) is 0 Å². The minimum atomic E-state index is -0.355. The van der Waals surface area contributed by atoms with Gasteiger partial charge in [-0.15, -0.1) is 11.3 Å². The third-order valence-corrected chi connectivity index (χ3v) is 12.1. The maximum atomic E-state index is 5.09. The van der Waals surface area contributed by atoms with Crippen molar-refractivity contribution in [3.05, 3.63) is 192 Å². The van der Waals surface area contributed by atoms with Crippen LogP contribution in [0.4, 0.5) is 0 Å². The van der Waals surface area contributed by atoms with E-state index in [4.69, 9.17) is 9.97 Å². The van der Waals surface area contributed by atoms with Crippen LogP contribution < -0.4 is 0 Å². The molecule has 0 N–H and O–H groups in total. The van der Waals surface area contributed by atoms with Crippen molar-refractivity contribution in [1.82, 2.24) is 9.97 Å². The zero-order chi connectivity index (χ0) is 32.4. The number of aromatic nitrogens is 2. The van der Waals surface area contributed by atoms with E-state index in [0.717, 1.165) is 33.2 Å². The van der Waals surface area contributed by atoms with Gasteiger partial charge in [-0.25, -0.2) is 9.97 Å². The van der Waals surface area contributed by atoms with Crippen LogP contribution in [0.5, 0.6) is 0 Å². The van der Waals surface area contributed by atoms with E-state index >= 15 is 0 Å². The molecule has 3 heterocycles. The zero-order valence-corrected chi connectivity index (χ0v) is 28.0. The monoisotopic (exact) mass is 660 g/mol. The summed E-state index contributed by atoms with van der Waals surface area (Å²) in [5, 5.41) is 0. The van der Waals surface area contributed by atoms with E-state index in [9.17, 15) is 0 Å². The zero-order valence-electron chi connectivity index (χ0n) is 26.4. The van der Waals surface area contributed by atoms with Crippen molar-refractivity contribution in [3.8, 4) is 54.8 Å². The lowest BCUT2D eigenvalue weighted by atomic mass is 9.67. The van der Waals surface area contributed by atoms with Crippen LogP contribution in [-0.4, -0.2) is 9.97 Å². The number of rotatable bonds is 4. The lowest BCUT2D eigenvalue weighted by Gasteiger charge is -2.39. The number of hydrogen-bond donors (Lipinski definition) is 0. The van der Waals surface area contributed by atoms with Gasteiger partial charge in [-0.2, -0.15) is 0 Å². The van der Waals surface area contributed by atoms with Gasteiger partial charge in [0.25, 0.3) is 0 Å². The summed E-state index contributed by atoms with van der Waals surface area (Å²) in [6, 6.07) is 61.2. The second-order valence-corrected chi connectivity index (χ2v) is 14.7. The highest BCUT2D eigenvalue weighted by Crippen LogP contribution is 2.62. The topological polar surface area (TPSA) is 25.8 Å². The first kappa shape index (κ1) is 28.5. The van der Waals surface area contributed by atoms with Gasteiger partial charge >= 0.3 is 0 Å². The predicted octanol–water partition coefficient (Wildman–Crippen LogP) is 12.0. The number of nitrogens with zero attached hydrogens (tertiary/aromatic N) is 2. The van der Waals surface area contributed by atoms with Crippen LogP contribution in [-0.2, 0) is 5.41 Å². The second-order valence-electron chi connectivity index (χ2n) is 12.5. The van der Waals surface area contributed by atoms with Crippen LogP contribution in [0.3, 0.4) is 0 Å². The number of hydrogen-bond acceptors (Lipinski definition) is 4. The van der Waals surface area contributed by atoms with Gasteiger partial charge in [-0.3, -0.25) is 0 Å². The largest absolute Gasteiger partial charge is 0.228 e. The van der Waals surface area contributed by atoms with Crippen LogP contribution >= 0.6 is 23.1 Å². The van der Waals surface area contributed by atoms with Crippen molar-refractivity contribution in [2.45, 2.75) is 15.2 Å². The molecular formula is C45H28N2S2. The predicted molar refractivity (Wildman–Crippen MR) is 203 cm³/mol. The highest BCUT2D eigenvalue weighted by atomic mass is 32.2. The molecule has 4 heteroatoms. The highest BCUT2D eigenvalue weighted by molar-refractivity contribution is 7.99. The molecule has 0 fully saturated rings. The SMILES string of the molecule is c1ccc(-c2cc(-c3ccc(-c4ccc5c(c4)Sc4ccccc4C54c5ccccc5-c5ccccc54)s3)nc(-c3ccccc3)n2)cc1. The Labute approximate surface area is 293 Å². The summed E-state index contributed by atoms with van der Waals surface area (Å²) in [6.07, 6.45) is 0. The molecule has 2 aliphatic rings. The Bertz CT molecular complexity index is 2430. The Morgan fingerprint density at radius 3 is 1.69 bits per heavy atom. The summed E-state index contributed by atoms with van der Waals surface area (Å²) in [6.45, 7) is 0. The maximum Gasteiger partial charge on any atom is 0.160 e. The third-order valence-electron chi connectivity index (χ3n) is 9.82. The van der Waals surface area contributed by atoms with Crippen molar-refractivity contribution in [2.75, 3.05) is 0 Å². The van der Waals surface area contributed by atoms with Crippen LogP contribution in [0, 0.1) is 0 Å². The number of fused-ring (bicyclic) bond motifs is 9. The second kappa shape index (κ2) is 11.3. The third kappa shape index (κ3) is 4.41. The Hall–Kier alpha value is -5.55. The van der Waals surface area contributed by atoms with Crippen molar-refractivity contribution in [1.29, 1.82) is 0 Å². The molecule has 0 amide bonds. The van der Waals surface area contributed by atoms with Crippen LogP contribution in [0.2, 0.25) is 0 Å². The molecule has 0 radical (unpaired) electrons. The first-order valence-electron chi connectivity index (χ1n) is 16.5. The van der Waals surface area contributed by atoms with E-state index in [1.807, 2.05) is 36.0 Å². The first-order chi connectivity index (χ1) is 24.3. The molecule has 1 aliphatic carbocycles. The standard InChI is InChI=1S/C45H28N2S2/c1-3-13-29(14-4-1)38-28-39(47-44(46-38)30-15-5-2-6-16-30)42-26-25-40(48-42)31-23-24-37-43(27-31)49-41-22-12-11-21-36(41)45(37)34-19-9-7-17-32(34)33-18-8-10-20-35(33)45/h1-28H. The molecular weight excluding hydrogens is 633 g/mol. The molecule has 0 bridgehead atoms. The van der Waals surface area contributed by atoms with Gasteiger partial charge in [-0.05, 0) is 69.3 Å². The lowest BCUT2D eigenvalue weighted by Crippen LogP contribution is -2.31. The first-order valence-corrected chi connectivity index (χ1v) is 18.1. The molecule has 0 atom stereocenters. The van der Waals surface area contributed by atoms with Crippen molar-refractivity contribution in [3.63, 3.8) is 0 Å². The van der Waals surface area contributed by atoms with Crippen LogP contribution in [0.1, 0.15) is 22.3 Å². The Morgan fingerprint density at radius 1 is 0.388 bits per heavy atom. The van der Waals surface area contributed by atoms with E-state index in [1.54, 1.807) is 11.3 Å². The molecule has 6 aromatic carbocycles. The van der Waals surface area contributed by atoms with E-state index in [-0.39, 0.29) is 5.41 Å². The molecule has 2 nitrogen and oxygen atoms in total. The summed E-state index contributed by atoms with van der Waals surface area (Å²) in [5.74, 6) is 0.734. The summed E-state index contributed by atoms with van der Waals surface area (Å²) in [5.41, 5.74) is 12.9. The molecule has 10 rings (SSSR count). The molecule has 49 heavy (non-hydrogen) atoms. The average molecular weight is 661 g/mol. The molecule has 0 saturated carbocycles. The van der Waals surface area contributed by atoms with Crippen LogP contribution in [0.25, 0.3) is 54.8 Å². The summed E-state index contributed by atoms with van der Waals surface area (Å²) < 4.78 is 0. The fraction of sp³-hybridized carbons (Fsp3) is 0.0222. The lowest BCUT2D eigenvalue weighted by molar-refractivity contribution is 0.722. The Morgan fingerprint density at radius 2 is 0.959 bits per heavy atom. The van der Waals surface area contributed by atoms with Gasteiger partial charge in [0.05, 0.1) is 21.7 Å². The van der Waals surface area contributed by atoms with Crippen molar-refractivity contribution >= 4 is 23.1 Å². The van der Waals surface area contributed by atoms with Gasteiger partial charge in [0, 0.05) is 25.8 Å². The quantitative estimate of drug-likeness (QED) is 0.188.